The molecule has 2 aromatic rings. The van der Waals surface area contributed by atoms with Gasteiger partial charge in [0.2, 0.25) is 0 Å². The minimum absolute atomic E-state index is 0.0517. The maximum absolute atomic E-state index is 12.8. The van der Waals surface area contributed by atoms with Crippen LogP contribution in [0.4, 0.5) is 11.4 Å². The number of benzene rings is 2. The van der Waals surface area contributed by atoms with Gasteiger partial charge in [-0.05, 0) is 49.6 Å². The number of aryl methyl sites for hydroxylation is 1. The molecule has 8 heteroatoms. The van der Waals surface area contributed by atoms with E-state index in [1.54, 1.807) is 24.3 Å². The van der Waals surface area contributed by atoms with Gasteiger partial charge in [0.05, 0.1) is 18.3 Å². The molecule has 1 fully saturated rings. The van der Waals surface area contributed by atoms with E-state index in [9.17, 15) is 13.2 Å². The van der Waals surface area contributed by atoms with Gasteiger partial charge in [-0.25, -0.2) is 0 Å². The highest BCUT2D eigenvalue weighted by Crippen LogP contribution is 2.35. The van der Waals surface area contributed by atoms with Gasteiger partial charge in [0.25, 0.3) is 15.9 Å². The zero-order chi connectivity index (χ0) is 21.3. The standard InChI is InChI=1S/C22H25N3O4S/c1-3-21-24-30(27,28)20-13-16(23-22(26)18-9-5-4-7-15(18)2)10-11-19(20)25(21)14-17-8-6-12-29-17/h4-5,7,9-11,13,17H,3,6,8,12,14H2,1-2H3,(H,23,26)/t17-/m0/s1. The number of anilines is 2. The molecule has 30 heavy (non-hydrogen) atoms. The Bertz CT molecular complexity index is 1110. The van der Waals surface area contributed by atoms with E-state index in [0.29, 0.717) is 35.7 Å². The number of hydrogen-bond acceptors (Lipinski definition) is 5. The Kier molecular flexibility index (Phi) is 5.62. The molecule has 0 aromatic heterocycles. The number of carbonyl (C=O) groups excluding carboxylic acids is 1. The summed E-state index contributed by atoms with van der Waals surface area (Å²) >= 11 is 0. The number of sulfonamides is 1. The number of hydrogen-bond donors (Lipinski definition) is 1. The lowest BCUT2D eigenvalue weighted by molar-refractivity contribution is 0.102. The van der Waals surface area contributed by atoms with Crippen molar-refractivity contribution < 1.29 is 17.9 Å². The lowest BCUT2D eigenvalue weighted by Crippen LogP contribution is -2.40. The number of fused-ring (bicyclic) bond motifs is 1. The summed E-state index contributed by atoms with van der Waals surface area (Å²) in [5.41, 5.74) is 2.38. The van der Waals surface area contributed by atoms with Crippen molar-refractivity contribution in [3.05, 3.63) is 53.6 Å². The van der Waals surface area contributed by atoms with Gasteiger partial charge in [0.1, 0.15) is 10.7 Å². The molecule has 1 N–H and O–H groups in total. The number of amides is 1. The van der Waals surface area contributed by atoms with Crippen molar-refractivity contribution in [1.29, 1.82) is 0 Å². The lowest BCUT2D eigenvalue weighted by atomic mass is 10.1. The molecule has 2 aliphatic heterocycles. The van der Waals surface area contributed by atoms with Crippen LogP contribution in [0.3, 0.4) is 0 Å². The maximum atomic E-state index is 12.8. The van der Waals surface area contributed by atoms with E-state index in [0.717, 1.165) is 25.0 Å². The van der Waals surface area contributed by atoms with Gasteiger partial charge >= 0.3 is 0 Å². The van der Waals surface area contributed by atoms with Crippen molar-refractivity contribution in [2.24, 2.45) is 4.40 Å². The Balaban J connectivity index is 1.66. The normalized spacial score (nSPS) is 19.9. The van der Waals surface area contributed by atoms with E-state index in [-0.39, 0.29) is 16.9 Å². The van der Waals surface area contributed by atoms with Gasteiger partial charge in [0, 0.05) is 24.3 Å². The molecular weight excluding hydrogens is 402 g/mol. The minimum atomic E-state index is -3.85. The molecule has 0 radical (unpaired) electrons. The summed E-state index contributed by atoms with van der Waals surface area (Å²) in [5.74, 6) is 0.227. The molecule has 7 nitrogen and oxygen atoms in total. The van der Waals surface area contributed by atoms with Crippen LogP contribution in [0, 0.1) is 6.92 Å². The molecule has 2 aromatic carbocycles. The van der Waals surface area contributed by atoms with E-state index >= 15 is 0 Å². The summed E-state index contributed by atoms with van der Waals surface area (Å²) in [6.07, 6.45) is 2.50. The van der Waals surface area contributed by atoms with E-state index < -0.39 is 10.0 Å². The SMILES string of the molecule is CCC1=NS(=O)(=O)c2cc(NC(=O)c3ccccc3C)ccc2N1C[C@@H]1CCCO1. The first-order chi connectivity index (χ1) is 14.4. The Labute approximate surface area is 176 Å². The number of carbonyl (C=O) groups is 1. The topological polar surface area (TPSA) is 88.1 Å². The second-order valence-electron chi connectivity index (χ2n) is 7.53. The van der Waals surface area contributed by atoms with Crippen molar-refractivity contribution in [3.63, 3.8) is 0 Å². The molecule has 2 aliphatic rings. The van der Waals surface area contributed by atoms with Crippen LogP contribution in [0.15, 0.2) is 51.8 Å². The maximum Gasteiger partial charge on any atom is 0.286 e. The zero-order valence-corrected chi connectivity index (χ0v) is 17.9. The molecule has 0 aliphatic carbocycles. The van der Waals surface area contributed by atoms with Gasteiger partial charge in [0.15, 0.2) is 0 Å². The average Bonchev–Trinajstić information content (AvgIpc) is 3.23. The monoisotopic (exact) mass is 427 g/mol. The predicted octanol–water partition coefficient (Wildman–Crippen LogP) is 3.74. The molecule has 1 atom stereocenters. The Morgan fingerprint density at radius 2 is 2.07 bits per heavy atom. The van der Waals surface area contributed by atoms with Crippen molar-refractivity contribution in [1.82, 2.24) is 0 Å². The van der Waals surface area contributed by atoms with Crippen LogP contribution >= 0.6 is 0 Å². The van der Waals surface area contributed by atoms with Crippen molar-refractivity contribution >= 4 is 33.1 Å². The minimum Gasteiger partial charge on any atom is -0.376 e. The third-order valence-corrected chi connectivity index (χ3v) is 6.77. The third kappa shape index (κ3) is 3.97. The van der Waals surface area contributed by atoms with Crippen molar-refractivity contribution in [2.75, 3.05) is 23.4 Å². The molecule has 1 amide bonds. The van der Waals surface area contributed by atoms with Crippen LogP contribution < -0.4 is 10.2 Å². The summed E-state index contributed by atoms with van der Waals surface area (Å²) in [7, 11) is -3.85. The summed E-state index contributed by atoms with van der Waals surface area (Å²) in [4.78, 5) is 14.7. The quantitative estimate of drug-likeness (QED) is 0.785. The van der Waals surface area contributed by atoms with Crippen molar-refractivity contribution in [2.45, 2.75) is 44.1 Å². The molecule has 4 rings (SSSR count). The predicted molar refractivity (Wildman–Crippen MR) is 117 cm³/mol. The highest BCUT2D eigenvalue weighted by molar-refractivity contribution is 7.90. The van der Waals surface area contributed by atoms with Crippen LogP contribution in [-0.4, -0.2) is 39.4 Å². The zero-order valence-electron chi connectivity index (χ0n) is 17.1. The Hall–Kier alpha value is -2.71. The molecule has 2 heterocycles. The number of rotatable bonds is 5. The highest BCUT2D eigenvalue weighted by Gasteiger charge is 2.32. The van der Waals surface area contributed by atoms with Crippen LogP contribution in [-0.2, 0) is 14.8 Å². The highest BCUT2D eigenvalue weighted by atomic mass is 32.2. The summed E-state index contributed by atoms with van der Waals surface area (Å²) in [6.45, 7) is 5.03. The van der Waals surface area contributed by atoms with E-state index in [1.807, 2.05) is 30.9 Å². The molecule has 0 spiro atoms. The van der Waals surface area contributed by atoms with E-state index in [2.05, 4.69) is 9.71 Å². The van der Waals surface area contributed by atoms with Crippen molar-refractivity contribution in [3.8, 4) is 0 Å². The summed E-state index contributed by atoms with van der Waals surface area (Å²) in [6, 6.07) is 12.2. The molecule has 0 saturated carbocycles. The first-order valence-corrected chi connectivity index (χ1v) is 11.6. The fraction of sp³-hybridized carbons (Fsp3) is 0.364. The largest absolute Gasteiger partial charge is 0.376 e. The van der Waals surface area contributed by atoms with Gasteiger partial charge in [-0.1, -0.05) is 25.1 Å². The fourth-order valence-electron chi connectivity index (χ4n) is 3.87. The second kappa shape index (κ2) is 8.20. The van der Waals surface area contributed by atoms with Gasteiger partial charge in [-0.2, -0.15) is 8.42 Å². The van der Waals surface area contributed by atoms with Crippen LogP contribution in [0.2, 0.25) is 0 Å². The number of ether oxygens (including phenoxy) is 1. The number of nitrogens with zero attached hydrogens (tertiary/aromatic N) is 2. The van der Waals surface area contributed by atoms with Crippen LogP contribution in [0.25, 0.3) is 0 Å². The summed E-state index contributed by atoms with van der Waals surface area (Å²) < 4.78 is 35.4. The summed E-state index contributed by atoms with van der Waals surface area (Å²) in [5, 5.41) is 2.81. The number of amidine groups is 1. The van der Waals surface area contributed by atoms with E-state index in [1.165, 1.54) is 6.07 Å². The third-order valence-electron chi connectivity index (χ3n) is 5.44. The lowest BCUT2D eigenvalue weighted by Gasteiger charge is -2.32. The second-order valence-corrected chi connectivity index (χ2v) is 9.11. The van der Waals surface area contributed by atoms with Gasteiger partial charge < -0.3 is 15.0 Å². The molecule has 0 unspecified atom stereocenters. The first-order valence-electron chi connectivity index (χ1n) is 10.1. The fourth-order valence-corrected chi connectivity index (χ4v) is 5.20. The van der Waals surface area contributed by atoms with Gasteiger partial charge in [-0.3, -0.25) is 4.79 Å². The van der Waals surface area contributed by atoms with E-state index in [4.69, 9.17) is 4.74 Å². The first kappa shape index (κ1) is 20.6. The Morgan fingerprint density at radius 1 is 1.27 bits per heavy atom. The molecular formula is C22H25N3O4S. The Morgan fingerprint density at radius 3 is 2.77 bits per heavy atom. The molecule has 1 saturated heterocycles. The van der Waals surface area contributed by atoms with Gasteiger partial charge in [-0.15, -0.1) is 4.40 Å². The number of nitrogens with one attached hydrogen (secondary N) is 1. The van der Waals surface area contributed by atoms with Crippen LogP contribution in [0.1, 0.15) is 42.1 Å². The molecule has 158 valence electrons. The smallest absolute Gasteiger partial charge is 0.286 e. The molecule has 0 bridgehead atoms. The van der Waals surface area contributed by atoms with Crippen LogP contribution in [0.5, 0.6) is 0 Å². The average molecular weight is 428 g/mol.